The van der Waals surface area contributed by atoms with E-state index in [1.807, 2.05) is 13.2 Å². The van der Waals surface area contributed by atoms with Gasteiger partial charge in [-0.2, -0.15) is 20.5 Å². The van der Waals surface area contributed by atoms with Gasteiger partial charge in [0.25, 0.3) is 0 Å². The second-order valence-corrected chi connectivity index (χ2v) is 4.18. The predicted molar refractivity (Wildman–Crippen MR) is 58.2 cm³/mol. The first-order valence-electron chi connectivity index (χ1n) is 4.67. The molecule has 0 aliphatic heterocycles. The Bertz CT molecular complexity index is 291. The van der Waals surface area contributed by atoms with E-state index in [0.717, 1.165) is 10.3 Å². The maximum Gasteiger partial charge on any atom is 0.319 e. The van der Waals surface area contributed by atoms with E-state index in [0.29, 0.717) is 18.4 Å². The largest absolute Gasteiger partial charge is 0.319 e. The molecule has 1 aromatic rings. The molecule has 86 valence electrons. The lowest BCUT2D eigenvalue weighted by Crippen LogP contribution is -2.29. The van der Waals surface area contributed by atoms with Crippen molar-refractivity contribution in [3.63, 3.8) is 0 Å². The van der Waals surface area contributed by atoms with Gasteiger partial charge >= 0.3 is 6.55 Å². The number of rotatable bonds is 6. The molecule has 1 heterocycles. The summed E-state index contributed by atoms with van der Waals surface area (Å²) in [4.78, 5) is 3.88. The number of imidazole rings is 1. The number of hydrogen-bond acceptors (Lipinski definition) is 3. The van der Waals surface area contributed by atoms with Crippen LogP contribution >= 0.6 is 11.8 Å². The van der Waals surface area contributed by atoms with Gasteiger partial charge in [0.1, 0.15) is 5.82 Å². The molecular formula is C9H15F2N3S. The van der Waals surface area contributed by atoms with Crippen molar-refractivity contribution in [2.45, 2.75) is 26.1 Å². The van der Waals surface area contributed by atoms with Gasteiger partial charge in [0.15, 0.2) is 0 Å². The minimum Gasteiger partial charge on any atom is -0.307 e. The number of alkyl halides is 2. The average Bonchev–Trinajstić information content (AvgIpc) is 2.63. The summed E-state index contributed by atoms with van der Waals surface area (Å²) in [6.45, 7) is -0.120. The lowest BCUT2D eigenvalue weighted by atomic mass is 10.4. The summed E-state index contributed by atoms with van der Waals surface area (Å²) in [5.41, 5.74) is 0. The highest BCUT2D eigenvalue weighted by Crippen LogP contribution is 2.12. The highest BCUT2D eigenvalue weighted by atomic mass is 32.2. The molecule has 0 amide bonds. The second-order valence-electron chi connectivity index (χ2n) is 3.27. The Kier molecular flexibility index (Phi) is 5.04. The molecule has 0 bridgehead atoms. The number of aromatic nitrogens is 2. The Balaban J connectivity index is 2.46. The van der Waals surface area contributed by atoms with E-state index >= 15 is 0 Å². The molecule has 0 radical (unpaired) electrons. The topological polar surface area (TPSA) is 29.9 Å². The monoisotopic (exact) mass is 235 g/mol. The summed E-state index contributed by atoms with van der Waals surface area (Å²) in [5.74, 6) is 1.33. The van der Waals surface area contributed by atoms with Gasteiger partial charge in [0, 0.05) is 24.2 Å². The molecule has 1 atom stereocenters. The third kappa shape index (κ3) is 3.79. The molecule has 0 aliphatic carbocycles. The predicted octanol–water partition coefficient (Wildman–Crippen LogP) is 2.12. The van der Waals surface area contributed by atoms with Crippen LogP contribution in [0, 0.1) is 0 Å². The summed E-state index contributed by atoms with van der Waals surface area (Å²) in [6.07, 6.45) is 4.70. The summed E-state index contributed by atoms with van der Waals surface area (Å²) >= 11 is 1.72. The zero-order valence-electron chi connectivity index (χ0n) is 8.78. The molecule has 6 heteroatoms. The summed E-state index contributed by atoms with van der Waals surface area (Å²) in [5, 5.41) is 3.14. The van der Waals surface area contributed by atoms with Crippen molar-refractivity contribution < 1.29 is 8.78 Å². The highest BCUT2D eigenvalue weighted by molar-refractivity contribution is 7.98. The maximum atomic E-state index is 12.4. The molecule has 1 unspecified atom stereocenters. The molecule has 0 saturated carbocycles. The molecule has 0 spiro atoms. The van der Waals surface area contributed by atoms with Gasteiger partial charge in [-0.3, -0.25) is 4.57 Å². The standard InChI is InChI=1S/C9H15F2N3S/c1-7(6-15-2)13-5-8-12-3-4-14(8)9(10)11/h3-4,7,9,13H,5-6H2,1-2H3. The van der Waals surface area contributed by atoms with Crippen LogP contribution in [0.2, 0.25) is 0 Å². The highest BCUT2D eigenvalue weighted by Gasteiger charge is 2.11. The minimum absolute atomic E-state index is 0.294. The van der Waals surface area contributed by atoms with Crippen LogP contribution in [0.15, 0.2) is 12.4 Å². The molecule has 15 heavy (non-hydrogen) atoms. The molecule has 0 aliphatic rings. The van der Waals surface area contributed by atoms with Gasteiger partial charge in [0.05, 0.1) is 6.54 Å². The van der Waals surface area contributed by atoms with Crippen LogP contribution in [0.3, 0.4) is 0 Å². The van der Waals surface area contributed by atoms with Gasteiger partial charge in [-0.25, -0.2) is 4.98 Å². The van der Waals surface area contributed by atoms with E-state index in [2.05, 4.69) is 10.3 Å². The van der Waals surface area contributed by atoms with E-state index in [1.165, 1.54) is 12.4 Å². The second kappa shape index (κ2) is 6.07. The van der Waals surface area contributed by atoms with Crippen molar-refractivity contribution in [3.8, 4) is 0 Å². The van der Waals surface area contributed by atoms with Crippen LogP contribution in [-0.4, -0.2) is 27.6 Å². The van der Waals surface area contributed by atoms with Crippen molar-refractivity contribution in [2.24, 2.45) is 0 Å². The Morgan fingerprint density at radius 2 is 2.33 bits per heavy atom. The van der Waals surface area contributed by atoms with Crippen molar-refractivity contribution in [1.82, 2.24) is 14.9 Å². The first-order chi connectivity index (χ1) is 7.15. The van der Waals surface area contributed by atoms with Crippen molar-refractivity contribution >= 4 is 11.8 Å². The van der Waals surface area contributed by atoms with E-state index < -0.39 is 6.55 Å². The Morgan fingerprint density at radius 1 is 1.60 bits per heavy atom. The number of nitrogens with one attached hydrogen (secondary N) is 1. The van der Waals surface area contributed by atoms with Crippen LogP contribution in [0.4, 0.5) is 8.78 Å². The van der Waals surface area contributed by atoms with Gasteiger partial charge in [-0.15, -0.1) is 0 Å². The minimum atomic E-state index is -2.51. The zero-order valence-corrected chi connectivity index (χ0v) is 9.60. The molecule has 1 rings (SSSR count). The van der Waals surface area contributed by atoms with E-state index in [9.17, 15) is 8.78 Å². The molecule has 0 fully saturated rings. The van der Waals surface area contributed by atoms with E-state index in [4.69, 9.17) is 0 Å². The van der Waals surface area contributed by atoms with Crippen molar-refractivity contribution in [2.75, 3.05) is 12.0 Å². The van der Waals surface area contributed by atoms with Gasteiger partial charge in [0.2, 0.25) is 0 Å². The molecule has 1 N–H and O–H groups in total. The Hall–Kier alpha value is -0.620. The fourth-order valence-electron chi connectivity index (χ4n) is 1.23. The molecule has 1 aromatic heterocycles. The number of halogens is 2. The van der Waals surface area contributed by atoms with Gasteiger partial charge < -0.3 is 5.32 Å². The SMILES string of the molecule is CSCC(C)NCc1nccn1C(F)F. The first kappa shape index (κ1) is 12.4. The van der Waals surface area contributed by atoms with E-state index in [-0.39, 0.29) is 0 Å². The van der Waals surface area contributed by atoms with Crippen LogP contribution in [0.25, 0.3) is 0 Å². The quantitative estimate of drug-likeness (QED) is 0.819. The average molecular weight is 235 g/mol. The molecule has 0 aromatic carbocycles. The molecular weight excluding hydrogens is 220 g/mol. The fourth-order valence-corrected chi connectivity index (χ4v) is 1.85. The lowest BCUT2D eigenvalue weighted by molar-refractivity contribution is 0.0665. The number of hydrogen-bond donors (Lipinski definition) is 1. The third-order valence-electron chi connectivity index (χ3n) is 1.98. The van der Waals surface area contributed by atoms with Crippen molar-refractivity contribution in [3.05, 3.63) is 18.2 Å². The fraction of sp³-hybridized carbons (Fsp3) is 0.667. The smallest absolute Gasteiger partial charge is 0.307 e. The van der Waals surface area contributed by atoms with Crippen molar-refractivity contribution in [1.29, 1.82) is 0 Å². The lowest BCUT2D eigenvalue weighted by Gasteiger charge is -2.12. The van der Waals surface area contributed by atoms with Crippen LogP contribution < -0.4 is 5.32 Å². The molecule has 3 nitrogen and oxygen atoms in total. The molecule has 0 saturated heterocycles. The summed E-state index contributed by atoms with van der Waals surface area (Å²) in [7, 11) is 0. The maximum absolute atomic E-state index is 12.4. The Labute approximate surface area is 92.3 Å². The number of thioether (sulfide) groups is 1. The zero-order chi connectivity index (χ0) is 11.3. The summed E-state index contributed by atoms with van der Waals surface area (Å²) in [6, 6.07) is 0.294. The van der Waals surface area contributed by atoms with Crippen LogP contribution in [0.1, 0.15) is 19.3 Å². The van der Waals surface area contributed by atoms with E-state index in [1.54, 1.807) is 11.8 Å². The van der Waals surface area contributed by atoms with Crippen LogP contribution in [-0.2, 0) is 6.54 Å². The van der Waals surface area contributed by atoms with Gasteiger partial charge in [-0.05, 0) is 13.2 Å². The first-order valence-corrected chi connectivity index (χ1v) is 6.06. The van der Waals surface area contributed by atoms with Crippen LogP contribution in [0.5, 0.6) is 0 Å². The third-order valence-corrected chi connectivity index (χ3v) is 2.82. The number of nitrogens with zero attached hydrogens (tertiary/aromatic N) is 2. The van der Waals surface area contributed by atoms with Gasteiger partial charge in [-0.1, -0.05) is 0 Å². The normalized spacial score (nSPS) is 13.4. The summed E-state index contributed by atoms with van der Waals surface area (Å²) < 4.78 is 25.7. The Morgan fingerprint density at radius 3 is 2.93 bits per heavy atom.